The normalized spacial score (nSPS) is 11.2. The summed E-state index contributed by atoms with van der Waals surface area (Å²) in [6.45, 7) is 0.319. The van der Waals surface area contributed by atoms with Crippen LogP contribution in [0.5, 0.6) is 0 Å². The van der Waals surface area contributed by atoms with Crippen molar-refractivity contribution in [2.24, 2.45) is 5.73 Å². The largest absolute Gasteiger partial charge is 0.355 e. The average Bonchev–Trinajstić information content (AvgIpc) is 2.29. The molecule has 0 bridgehead atoms. The third-order valence-electron chi connectivity index (χ3n) is 2.24. The average molecular weight is 291 g/mol. The van der Waals surface area contributed by atoms with Gasteiger partial charge in [0, 0.05) is 24.5 Å². The Morgan fingerprint density at radius 1 is 1.28 bits per heavy atom. The molecule has 100 valence electrons. The van der Waals surface area contributed by atoms with E-state index in [4.69, 9.17) is 17.3 Å². The molecule has 0 saturated carbocycles. The summed E-state index contributed by atoms with van der Waals surface area (Å²) in [5.74, 6) is -0.394. The quantitative estimate of drug-likeness (QED) is 0.802. The van der Waals surface area contributed by atoms with Crippen LogP contribution in [0.1, 0.15) is 6.42 Å². The zero-order chi connectivity index (χ0) is 13.6. The van der Waals surface area contributed by atoms with Crippen LogP contribution in [0, 0.1) is 0 Å². The summed E-state index contributed by atoms with van der Waals surface area (Å²) in [6.07, 6.45) is 0.195. The number of sulfone groups is 1. The molecule has 0 radical (unpaired) electrons. The number of benzene rings is 1. The van der Waals surface area contributed by atoms with Gasteiger partial charge in [-0.25, -0.2) is 8.42 Å². The van der Waals surface area contributed by atoms with Crippen molar-refractivity contribution in [3.63, 3.8) is 0 Å². The van der Waals surface area contributed by atoms with Gasteiger partial charge in [-0.3, -0.25) is 4.79 Å². The van der Waals surface area contributed by atoms with Gasteiger partial charge in [0.25, 0.3) is 0 Å². The van der Waals surface area contributed by atoms with E-state index in [2.05, 4.69) is 5.32 Å². The van der Waals surface area contributed by atoms with Crippen LogP contribution in [0.4, 0.5) is 0 Å². The zero-order valence-corrected chi connectivity index (χ0v) is 11.3. The minimum atomic E-state index is -3.39. The number of rotatable bonds is 6. The fourth-order valence-electron chi connectivity index (χ4n) is 1.30. The summed E-state index contributed by atoms with van der Waals surface area (Å²) < 4.78 is 23.7. The van der Waals surface area contributed by atoms with Crippen LogP contribution in [-0.4, -0.2) is 33.2 Å². The molecule has 0 aliphatic carbocycles. The zero-order valence-electron chi connectivity index (χ0n) is 9.73. The Labute approximate surface area is 111 Å². The van der Waals surface area contributed by atoms with Crippen LogP contribution in [-0.2, 0) is 14.6 Å². The van der Waals surface area contributed by atoms with E-state index >= 15 is 0 Å². The molecule has 1 rings (SSSR count). The van der Waals surface area contributed by atoms with E-state index in [1.165, 1.54) is 24.3 Å². The lowest BCUT2D eigenvalue weighted by Crippen LogP contribution is -2.30. The van der Waals surface area contributed by atoms with Gasteiger partial charge < -0.3 is 11.1 Å². The number of hydrogen-bond donors (Lipinski definition) is 2. The third kappa shape index (κ3) is 4.64. The number of halogens is 1. The van der Waals surface area contributed by atoms with E-state index in [0.717, 1.165) is 0 Å². The molecule has 0 heterocycles. The van der Waals surface area contributed by atoms with Crippen molar-refractivity contribution in [3.8, 4) is 0 Å². The van der Waals surface area contributed by atoms with Crippen molar-refractivity contribution in [2.75, 3.05) is 18.8 Å². The Bertz CT molecular complexity index is 500. The van der Waals surface area contributed by atoms with Crippen LogP contribution in [0.25, 0.3) is 0 Å². The fourth-order valence-corrected chi connectivity index (χ4v) is 2.59. The molecule has 0 saturated heterocycles. The third-order valence-corrected chi connectivity index (χ3v) is 4.22. The number of amides is 1. The van der Waals surface area contributed by atoms with Crippen molar-refractivity contribution < 1.29 is 13.2 Å². The number of nitrogens with one attached hydrogen (secondary N) is 1. The second-order valence-electron chi connectivity index (χ2n) is 3.66. The molecular weight excluding hydrogens is 276 g/mol. The maximum Gasteiger partial charge on any atom is 0.221 e. The van der Waals surface area contributed by atoms with E-state index in [-0.39, 0.29) is 36.1 Å². The van der Waals surface area contributed by atoms with Crippen molar-refractivity contribution in [1.82, 2.24) is 5.32 Å². The monoisotopic (exact) mass is 290 g/mol. The molecule has 5 nitrogen and oxygen atoms in total. The van der Waals surface area contributed by atoms with Crippen LogP contribution >= 0.6 is 11.6 Å². The molecule has 0 aliphatic heterocycles. The Morgan fingerprint density at radius 3 is 2.44 bits per heavy atom. The van der Waals surface area contributed by atoms with Crippen molar-refractivity contribution in [3.05, 3.63) is 29.3 Å². The Hall–Kier alpha value is -1.11. The smallest absolute Gasteiger partial charge is 0.221 e. The minimum Gasteiger partial charge on any atom is -0.355 e. The van der Waals surface area contributed by atoms with Crippen LogP contribution in [0.15, 0.2) is 29.2 Å². The highest BCUT2D eigenvalue weighted by molar-refractivity contribution is 7.91. The Balaban J connectivity index is 2.55. The lowest BCUT2D eigenvalue weighted by Gasteiger charge is -2.06. The number of hydrogen-bond acceptors (Lipinski definition) is 4. The van der Waals surface area contributed by atoms with Crippen LogP contribution in [0.2, 0.25) is 5.02 Å². The van der Waals surface area contributed by atoms with Gasteiger partial charge in [-0.15, -0.1) is 0 Å². The molecule has 1 aromatic rings. The SMILES string of the molecule is NCCC(=O)NCCS(=O)(=O)c1ccc(Cl)cc1. The first kappa shape index (κ1) is 14.9. The van der Waals surface area contributed by atoms with E-state index in [0.29, 0.717) is 5.02 Å². The van der Waals surface area contributed by atoms with Gasteiger partial charge in [-0.1, -0.05) is 11.6 Å². The van der Waals surface area contributed by atoms with E-state index in [1.54, 1.807) is 0 Å². The predicted octanol–water partition coefficient (Wildman–Crippen LogP) is 0.579. The molecule has 0 atom stereocenters. The minimum absolute atomic E-state index is 0.0732. The van der Waals surface area contributed by atoms with Gasteiger partial charge in [0.2, 0.25) is 5.91 Å². The highest BCUT2D eigenvalue weighted by Crippen LogP contribution is 2.14. The highest BCUT2D eigenvalue weighted by Gasteiger charge is 2.14. The molecule has 0 aromatic heterocycles. The Morgan fingerprint density at radius 2 is 1.89 bits per heavy atom. The predicted molar refractivity (Wildman–Crippen MR) is 70.2 cm³/mol. The molecule has 0 unspecified atom stereocenters. The van der Waals surface area contributed by atoms with E-state index in [1.807, 2.05) is 0 Å². The first-order chi connectivity index (χ1) is 8.45. The van der Waals surface area contributed by atoms with Gasteiger partial charge in [-0.2, -0.15) is 0 Å². The second kappa shape index (κ2) is 6.72. The summed E-state index contributed by atoms with van der Waals surface area (Å²) in [5, 5.41) is 2.97. The first-order valence-corrected chi connectivity index (χ1v) is 7.44. The summed E-state index contributed by atoms with van der Waals surface area (Å²) in [6, 6.07) is 5.92. The van der Waals surface area contributed by atoms with Crippen molar-refractivity contribution in [2.45, 2.75) is 11.3 Å². The van der Waals surface area contributed by atoms with Gasteiger partial charge in [0.05, 0.1) is 10.6 Å². The molecule has 1 aromatic carbocycles. The van der Waals surface area contributed by atoms with Crippen molar-refractivity contribution >= 4 is 27.3 Å². The first-order valence-electron chi connectivity index (χ1n) is 5.41. The van der Waals surface area contributed by atoms with Gasteiger partial charge in [-0.05, 0) is 24.3 Å². The molecule has 7 heteroatoms. The molecule has 18 heavy (non-hydrogen) atoms. The molecule has 0 fully saturated rings. The lowest BCUT2D eigenvalue weighted by molar-refractivity contribution is -0.120. The Kier molecular flexibility index (Phi) is 5.58. The van der Waals surface area contributed by atoms with Crippen LogP contribution < -0.4 is 11.1 Å². The van der Waals surface area contributed by atoms with Gasteiger partial charge in [0.1, 0.15) is 0 Å². The van der Waals surface area contributed by atoms with Gasteiger partial charge >= 0.3 is 0 Å². The lowest BCUT2D eigenvalue weighted by atomic mass is 10.4. The summed E-state index contributed by atoms with van der Waals surface area (Å²) >= 11 is 5.68. The second-order valence-corrected chi connectivity index (χ2v) is 6.21. The summed E-state index contributed by atoms with van der Waals surface area (Å²) in [7, 11) is -3.39. The number of carbonyl (C=O) groups is 1. The molecule has 3 N–H and O–H groups in total. The molecule has 1 amide bonds. The topological polar surface area (TPSA) is 89.3 Å². The number of carbonyl (C=O) groups excluding carboxylic acids is 1. The maximum absolute atomic E-state index is 11.9. The molecule has 0 aliphatic rings. The highest BCUT2D eigenvalue weighted by atomic mass is 35.5. The van der Waals surface area contributed by atoms with Crippen LogP contribution in [0.3, 0.4) is 0 Å². The molecule has 0 spiro atoms. The van der Waals surface area contributed by atoms with E-state index < -0.39 is 9.84 Å². The maximum atomic E-state index is 11.9. The summed E-state index contributed by atoms with van der Waals surface area (Å²) in [5.41, 5.74) is 5.20. The van der Waals surface area contributed by atoms with Crippen molar-refractivity contribution in [1.29, 1.82) is 0 Å². The van der Waals surface area contributed by atoms with Gasteiger partial charge in [0.15, 0.2) is 9.84 Å². The summed E-state index contributed by atoms with van der Waals surface area (Å²) in [4.78, 5) is 11.3. The standard InChI is InChI=1S/C11H15ClN2O3S/c12-9-1-3-10(4-2-9)18(16,17)8-7-14-11(15)5-6-13/h1-4H,5-8,13H2,(H,14,15). The number of nitrogens with two attached hydrogens (primary N) is 1. The van der Waals surface area contributed by atoms with E-state index in [9.17, 15) is 13.2 Å². The molecular formula is C11H15ClN2O3S. The fraction of sp³-hybridized carbons (Fsp3) is 0.364.